The maximum Gasteiger partial charge on any atom is 0.226 e. The molecule has 5 heteroatoms. The number of benzene rings is 1. The molecule has 0 aromatic heterocycles. The first-order valence-electron chi connectivity index (χ1n) is 6.28. The van der Waals surface area contributed by atoms with Crippen molar-refractivity contribution in [2.24, 2.45) is 0 Å². The maximum absolute atomic E-state index is 12.0. The molecule has 0 unspecified atom stereocenters. The fraction of sp³-hybridized carbons (Fsp3) is 0.400. The Hall–Kier alpha value is -2.35. The molecule has 5 nitrogen and oxygen atoms in total. The van der Waals surface area contributed by atoms with E-state index in [-0.39, 0.29) is 18.1 Å². The lowest BCUT2D eigenvalue weighted by Crippen LogP contribution is -2.29. The van der Waals surface area contributed by atoms with Crippen molar-refractivity contribution in [2.75, 3.05) is 20.7 Å². The maximum atomic E-state index is 12.0. The van der Waals surface area contributed by atoms with Crippen molar-refractivity contribution in [2.45, 2.75) is 19.8 Å². The van der Waals surface area contributed by atoms with E-state index in [1.54, 1.807) is 25.2 Å². The molecule has 0 aliphatic heterocycles. The van der Waals surface area contributed by atoms with Gasteiger partial charge in [-0.05, 0) is 25.1 Å². The van der Waals surface area contributed by atoms with Gasteiger partial charge >= 0.3 is 0 Å². The third kappa shape index (κ3) is 4.09. The van der Waals surface area contributed by atoms with Crippen molar-refractivity contribution in [1.29, 1.82) is 5.26 Å². The van der Waals surface area contributed by atoms with Crippen LogP contribution in [0, 0.1) is 11.3 Å². The minimum Gasteiger partial charge on any atom is -0.496 e. The summed E-state index contributed by atoms with van der Waals surface area (Å²) in [4.78, 5) is 24.9. The number of hydrogen-bond donors (Lipinski definition) is 0. The van der Waals surface area contributed by atoms with E-state index >= 15 is 0 Å². The molecule has 0 radical (unpaired) electrons. The molecule has 0 saturated heterocycles. The lowest BCUT2D eigenvalue weighted by atomic mass is 10.0. The molecule has 1 amide bonds. The molecular formula is C15H18N2O3. The van der Waals surface area contributed by atoms with Gasteiger partial charge in [0.05, 0.1) is 26.0 Å². The monoisotopic (exact) mass is 274 g/mol. The highest BCUT2D eigenvalue weighted by Crippen LogP contribution is 2.21. The molecule has 1 aromatic rings. The second-order valence-electron chi connectivity index (χ2n) is 4.48. The van der Waals surface area contributed by atoms with E-state index in [0.717, 1.165) is 0 Å². The van der Waals surface area contributed by atoms with Crippen molar-refractivity contribution in [3.8, 4) is 11.8 Å². The Morgan fingerprint density at radius 1 is 1.40 bits per heavy atom. The van der Waals surface area contributed by atoms with E-state index in [1.807, 2.05) is 6.07 Å². The number of likely N-dealkylation sites (N-methyl/N-ethyl adjacent to an activating group) is 1. The molecule has 0 heterocycles. The van der Waals surface area contributed by atoms with Crippen LogP contribution in [0.25, 0.3) is 0 Å². The molecule has 0 N–H and O–H groups in total. The van der Waals surface area contributed by atoms with Crippen LogP contribution in [0.2, 0.25) is 0 Å². The number of carbonyl (C=O) groups is 2. The van der Waals surface area contributed by atoms with E-state index in [2.05, 4.69) is 0 Å². The molecule has 0 spiro atoms. The number of Topliss-reactive ketones (excluding diaryl/α,β-unsaturated/α-hetero) is 1. The Labute approximate surface area is 118 Å². The van der Waals surface area contributed by atoms with Gasteiger partial charge in [0.15, 0.2) is 5.78 Å². The quantitative estimate of drug-likeness (QED) is 0.742. The Morgan fingerprint density at radius 3 is 2.65 bits per heavy atom. The largest absolute Gasteiger partial charge is 0.496 e. The highest BCUT2D eigenvalue weighted by Gasteiger charge is 2.14. The zero-order valence-electron chi connectivity index (χ0n) is 12.0. The Morgan fingerprint density at radius 2 is 2.10 bits per heavy atom. The lowest BCUT2D eigenvalue weighted by Gasteiger charge is -2.16. The van der Waals surface area contributed by atoms with Crippen LogP contribution in [0.4, 0.5) is 0 Å². The van der Waals surface area contributed by atoms with E-state index in [1.165, 1.54) is 18.9 Å². The van der Waals surface area contributed by atoms with Gasteiger partial charge < -0.3 is 9.64 Å². The summed E-state index contributed by atoms with van der Waals surface area (Å²) in [7, 11) is 3.18. The van der Waals surface area contributed by atoms with Crippen molar-refractivity contribution >= 4 is 11.7 Å². The summed E-state index contributed by atoms with van der Waals surface area (Å²) in [5.41, 5.74) is 1.22. The van der Waals surface area contributed by atoms with Gasteiger partial charge in [-0.25, -0.2) is 0 Å². The van der Waals surface area contributed by atoms with Crippen LogP contribution in [0.1, 0.15) is 29.3 Å². The predicted molar refractivity (Wildman–Crippen MR) is 74.6 cm³/mol. The van der Waals surface area contributed by atoms with Gasteiger partial charge in [0.1, 0.15) is 5.75 Å². The lowest BCUT2D eigenvalue weighted by molar-refractivity contribution is -0.129. The average molecular weight is 274 g/mol. The van der Waals surface area contributed by atoms with Gasteiger partial charge in [-0.3, -0.25) is 9.59 Å². The molecule has 0 bridgehead atoms. The minimum atomic E-state index is -0.112. The molecule has 0 aliphatic rings. The summed E-state index contributed by atoms with van der Waals surface area (Å²) in [6.45, 7) is 1.87. The van der Waals surface area contributed by atoms with Crippen LogP contribution in [0.3, 0.4) is 0 Å². The first kappa shape index (κ1) is 15.7. The van der Waals surface area contributed by atoms with Crippen molar-refractivity contribution in [3.05, 3.63) is 29.3 Å². The highest BCUT2D eigenvalue weighted by atomic mass is 16.5. The molecule has 106 valence electrons. The molecule has 0 aliphatic carbocycles. The van der Waals surface area contributed by atoms with Gasteiger partial charge in [0.25, 0.3) is 0 Å². The fourth-order valence-corrected chi connectivity index (χ4v) is 1.78. The topological polar surface area (TPSA) is 70.4 Å². The summed E-state index contributed by atoms with van der Waals surface area (Å²) in [5.74, 6) is 0.412. The van der Waals surface area contributed by atoms with Crippen LogP contribution in [-0.2, 0) is 11.2 Å². The number of amides is 1. The first-order valence-corrected chi connectivity index (χ1v) is 6.28. The van der Waals surface area contributed by atoms with Crippen LogP contribution in [-0.4, -0.2) is 37.3 Å². The molecule has 20 heavy (non-hydrogen) atoms. The second kappa shape index (κ2) is 7.29. The molecule has 0 saturated carbocycles. The smallest absolute Gasteiger partial charge is 0.226 e. The highest BCUT2D eigenvalue weighted by molar-refractivity contribution is 5.94. The number of hydrogen-bond acceptors (Lipinski definition) is 4. The standard InChI is InChI=1S/C15H18N2O3/c1-11(18)12-5-6-14(20-3)13(9-12)10-15(19)17(2)8-4-7-16/h5-6,9H,4,8,10H2,1-3H3. The number of ketones is 1. The van der Waals surface area contributed by atoms with E-state index in [9.17, 15) is 9.59 Å². The Kier molecular flexibility index (Phi) is 5.73. The fourth-order valence-electron chi connectivity index (χ4n) is 1.78. The summed E-state index contributed by atoms with van der Waals surface area (Å²) in [5, 5.41) is 8.52. The minimum absolute atomic E-state index is 0.0563. The molecule has 1 aromatic carbocycles. The predicted octanol–water partition coefficient (Wildman–Crippen LogP) is 1.81. The van der Waals surface area contributed by atoms with E-state index in [0.29, 0.717) is 29.8 Å². The normalized spacial score (nSPS) is 9.70. The van der Waals surface area contributed by atoms with Gasteiger partial charge in [-0.15, -0.1) is 0 Å². The van der Waals surface area contributed by atoms with Gasteiger partial charge in [-0.2, -0.15) is 5.26 Å². The number of nitriles is 1. The third-order valence-electron chi connectivity index (χ3n) is 3.01. The van der Waals surface area contributed by atoms with E-state index < -0.39 is 0 Å². The number of carbonyl (C=O) groups excluding carboxylic acids is 2. The van der Waals surface area contributed by atoms with Crippen LogP contribution < -0.4 is 4.74 Å². The van der Waals surface area contributed by atoms with Gasteiger partial charge in [0, 0.05) is 24.7 Å². The summed E-state index contributed by atoms with van der Waals surface area (Å²) >= 11 is 0. The molecule has 0 atom stereocenters. The van der Waals surface area contributed by atoms with Gasteiger partial charge in [0.2, 0.25) is 5.91 Å². The summed E-state index contributed by atoms with van der Waals surface area (Å²) < 4.78 is 5.21. The number of ether oxygens (including phenoxy) is 1. The van der Waals surface area contributed by atoms with Crippen molar-refractivity contribution < 1.29 is 14.3 Å². The summed E-state index contributed by atoms with van der Waals surface area (Å²) in [6.07, 6.45) is 0.444. The second-order valence-corrected chi connectivity index (χ2v) is 4.48. The van der Waals surface area contributed by atoms with Crippen LogP contribution in [0.15, 0.2) is 18.2 Å². The van der Waals surface area contributed by atoms with Gasteiger partial charge in [-0.1, -0.05) is 0 Å². The summed E-state index contributed by atoms with van der Waals surface area (Å²) in [6, 6.07) is 7.04. The number of nitrogens with zero attached hydrogens (tertiary/aromatic N) is 2. The average Bonchev–Trinajstić information content (AvgIpc) is 2.44. The zero-order valence-corrected chi connectivity index (χ0v) is 12.0. The first-order chi connectivity index (χ1) is 9.49. The Bertz CT molecular complexity index is 547. The van der Waals surface area contributed by atoms with Crippen molar-refractivity contribution in [3.63, 3.8) is 0 Å². The van der Waals surface area contributed by atoms with Crippen LogP contribution in [0.5, 0.6) is 5.75 Å². The third-order valence-corrected chi connectivity index (χ3v) is 3.01. The van der Waals surface area contributed by atoms with Crippen molar-refractivity contribution in [1.82, 2.24) is 4.90 Å². The Balaban J connectivity index is 2.89. The molecule has 0 fully saturated rings. The molecular weight excluding hydrogens is 256 g/mol. The van der Waals surface area contributed by atoms with E-state index in [4.69, 9.17) is 10.00 Å². The SMILES string of the molecule is COc1ccc(C(C)=O)cc1CC(=O)N(C)CCC#N. The number of rotatable bonds is 6. The molecule has 1 rings (SSSR count). The van der Waals surface area contributed by atoms with Crippen LogP contribution >= 0.6 is 0 Å². The number of methoxy groups -OCH3 is 1. The zero-order chi connectivity index (χ0) is 15.1.